The van der Waals surface area contributed by atoms with E-state index in [-0.39, 0.29) is 0 Å². The molecule has 1 nitrogen and oxygen atoms in total. The molecule has 17 heavy (non-hydrogen) atoms. The van der Waals surface area contributed by atoms with Crippen molar-refractivity contribution in [2.75, 3.05) is 5.32 Å². The summed E-state index contributed by atoms with van der Waals surface area (Å²) >= 11 is 0. The van der Waals surface area contributed by atoms with E-state index >= 15 is 0 Å². The highest BCUT2D eigenvalue weighted by Crippen LogP contribution is 2.51. The lowest BCUT2D eigenvalue weighted by atomic mass is 9.95. The minimum Gasteiger partial charge on any atom is -0.377 e. The van der Waals surface area contributed by atoms with Gasteiger partial charge in [0.05, 0.1) is 6.04 Å². The summed E-state index contributed by atoms with van der Waals surface area (Å²) in [5, 5.41) is 3.68. The van der Waals surface area contributed by atoms with E-state index in [1.807, 2.05) is 0 Å². The highest BCUT2D eigenvalue weighted by Gasteiger charge is 2.39. The van der Waals surface area contributed by atoms with Crippen LogP contribution in [0.5, 0.6) is 0 Å². The molecule has 1 N–H and O–H groups in total. The third-order valence-electron chi connectivity index (χ3n) is 4.15. The minimum atomic E-state index is 0.503. The van der Waals surface area contributed by atoms with Gasteiger partial charge in [-0.15, -0.1) is 0 Å². The summed E-state index contributed by atoms with van der Waals surface area (Å²) in [6.45, 7) is 2.18. The molecule has 0 aromatic heterocycles. The molecule has 2 atom stereocenters. The minimum absolute atomic E-state index is 0.503. The van der Waals surface area contributed by atoms with Gasteiger partial charge in [0.1, 0.15) is 0 Å². The second-order valence-corrected chi connectivity index (χ2v) is 5.22. The second kappa shape index (κ2) is 3.13. The van der Waals surface area contributed by atoms with Gasteiger partial charge >= 0.3 is 0 Å². The van der Waals surface area contributed by atoms with Crippen LogP contribution in [0.2, 0.25) is 0 Å². The van der Waals surface area contributed by atoms with Crippen molar-refractivity contribution in [3.8, 4) is 0 Å². The van der Waals surface area contributed by atoms with Gasteiger partial charge in [0, 0.05) is 11.6 Å². The molecule has 0 bridgehead atoms. The van der Waals surface area contributed by atoms with Crippen molar-refractivity contribution in [1.29, 1.82) is 0 Å². The van der Waals surface area contributed by atoms with Gasteiger partial charge in [0.25, 0.3) is 0 Å². The molecule has 1 heterocycles. The lowest BCUT2D eigenvalue weighted by Crippen LogP contribution is -2.05. The van der Waals surface area contributed by atoms with Gasteiger partial charge in [-0.2, -0.15) is 0 Å². The SMILES string of the molecule is Cc1ccc2c(c1)C1Cc3ccccc3C1N2. The first-order valence-corrected chi connectivity index (χ1v) is 6.28. The van der Waals surface area contributed by atoms with Crippen molar-refractivity contribution in [3.05, 3.63) is 64.7 Å². The van der Waals surface area contributed by atoms with E-state index < -0.39 is 0 Å². The molecule has 84 valence electrons. The van der Waals surface area contributed by atoms with Crippen LogP contribution in [-0.4, -0.2) is 0 Å². The van der Waals surface area contributed by atoms with Crippen LogP contribution in [0.4, 0.5) is 5.69 Å². The fraction of sp³-hybridized carbons (Fsp3) is 0.250. The van der Waals surface area contributed by atoms with Crippen LogP contribution in [0, 0.1) is 6.92 Å². The Bertz CT molecular complexity index is 600. The zero-order valence-corrected chi connectivity index (χ0v) is 9.90. The van der Waals surface area contributed by atoms with Crippen LogP contribution in [0.1, 0.15) is 34.2 Å². The summed E-state index contributed by atoms with van der Waals surface area (Å²) in [6, 6.07) is 16.1. The smallest absolute Gasteiger partial charge is 0.0589 e. The van der Waals surface area contributed by atoms with E-state index in [0.717, 1.165) is 0 Å². The van der Waals surface area contributed by atoms with Gasteiger partial charge in [-0.25, -0.2) is 0 Å². The Balaban J connectivity index is 1.85. The van der Waals surface area contributed by atoms with E-state index in [0.29, 0.717) is 12.0 Å². The Morgan fingerprint density at radius 2 is 1.94 bits per heavy atom. The summed E-state index contributed by atoms with van der Waals surface area (Å²) in [6.07, 6.45) is 1.18. The first-order valence-electron chi connectivity index (χ1n) is 6.28. The number of aryl methyl sites for hydroxylation is 1. The monoisotopic (exact) mass is 221 g/mol. The first kappa shape index (κ1) is 9.29. The predicted molar refractivity (Wildman–Crippen MR) is 70.4 cm³/mol. The highest BCUT2D eigenvalue weighted by atomic mass is 15.0. The Kier molecular flexibility index (Phi) is 1.71. The van der Waals surface area contributed by atoms with Gasteiger partial charge in [0.15, 0.2) is 0 Å². The highest BCUT2D eigenvalue weighted by molar-refractivity contribution is 5.64. The van der Waals surface area contributed by atoms with Gasteiger partial charge in [0.2, 0.25) is 0 Å². The second-order valence-electron chi connectivity index (χ2n) is 5.22. The van der Waals surface area contributed by atoms with Crippen molar-refractivity contribution in [3.63, 3.8) is 0 Å². The molecule has 1 aliphatic heterocycles. The normalized spacial score (nSPS) is 23.8. The first-order chi connectivity index (χ1) is 8.33. The van der Waals surface area contributed by atoms with E-state index in [1.165, 1.54) is 34.4 Å². The molecular formula is C16H15N. The maximum absolute atomic E-state index is 3.68. The third kappa shape index (κ3) is 1.20. The standard InChI is InChI=1S/C16H15N/c1-10-6-7-15-13(8-10)14-9-11-4-2-3-5-12(11)16(14)17-15/h2-8,14,16-17H,9H2,1H3. The Morgan fingerprint density at radius 3 is 2.88 bits per heavy atom. The number of rotatable bonds is 0. The van der Waals surface area contributed by atoms with E-state index in [9.17, 15) is 0 Å². The fourth-order valence-corrected chi connectivity index (χ4v) is 3.35. The number of benzene rings is 2. The molecular weight excluding hydrogens is 206 g/mol. The topological polar surface area (TPSA) is 12.0 Å². The van der Waals surface area contributed by atoms with Crippen LogP contribution < -0.4 is 5.32 Å². The van der Waals surface area contributed by atoms with Gasteiger partial charge in [-0.3, -0.25) is 0 Å². The van der Waals surface area contributed by atoms with Gasteiger partial charge in [-0.1, -0.05) is 42.0 Å². The molecule has 1 aliphatic carbocycles. The van der Waals surface area contributed by atoms with Crippen molar-refractivity contribution in [1.82, 2.24) is 0 Å². The largest absolute Gasteiger partial charge is 0.377 e. The van der Waals surface area contributed by atoms with Crippen molar-refractivity contribution >= 4 is 5.69 Å². The average Bonchev–Trinajstić information content (AvgIpc) is 2.85. The molecule has 0 saturated heterocycles. The average molecular weight is 221 g/mol. The zero-order chi connectivity index (χ0) is 11.4. The number of hydrogen-bond acceptors (Lipinski definition) is 1. The van der Waals surface area contributed by atoms with Crippen molar-refractivity contribution in [2.45, 2.75) is 25.3 Å². The van der Waals surface area contributed by atoms with Crippen molar-refractivity contribution < 1.29 is 0 Å². The molecule has 0 fully saturated rings. The molecule has 1 heteroatoms. The lowest BCUT2D eigenvalue weighted by molar-refractivity contribution is 0.677. The lowest BCUT2D eigenvalue weighted by Gasteiger charge is -2.11. The molecule has 4 rings (SSSR count). The molecule has 2 unspecified atom stereocenters. The van der Waals surface area contributed by atoms with Crippen molar-refractivity contribution in [2.24, 2.45) is 0 Å². The van der Waals surface area contributed by atoms with E-state index in [2.05, 4.69) is 54.7 Å². The maximum atomic E-state index is 3.68. The molecule has 0 amide bonds. The zero-order valence-electron chi connectivity index (χ0n) is 9.90. The van der Waals surface area contributed by atoms with Crippen LogP contribution >= 0.6 is 0 Å². The van der Waals surface area contributed by atoms with Crippen LogP contribution in [-0.2, 0) is 6.42 Å². The quantitative estimate of drug-likeness (QED) is 0.713. The fourth-order valence-electron chi connectivity index (χ4n) is 3.35. The molecule has 2 aromatic rings. The maximum Gasteiger partial charge on any atom is 0.0589 e. The number of hydrogen-bond donors (Lipinski definition) is 1. The summed E-state index contributed by atoms with van der Waals surface area (Å²) < 4.78 is 0. The van der Waals surface area contributed by atoms with Gasteiger partial charge < -0.3 is 5.32 Å². The number of nitrogens with one attached hydrogen (secondary N) is 1. The predicted octanol–water partition coefficient (Wildman–Crippen LogP) is 3.80. The number of fused-ring (bicyclic) bond motifs is 5. The van der Waals surface area contributed by atoms with Crippen LogP contribution in [0.25, 0.3) is 0 Å². The summed E-state index contributed by atoms with van der Waals surface area (Å²) in [5.74, 6) is 0.641. The van der Waals surface area contributed by atoms with Crippen LogP contribution in [0.15, 0.2) is 42.5 Å². The molecule has 0 saturated carbocycles. The Morgan fingerprint density at radius 1 is 1.06 bits per heavy atom. The number of anilines is 1. The summed E-state index contributed by atoms with van der Waals surface area (Å²) in [5.41, 5.74) is 7.21. The summed E-state index contributed by atoms with van der Waals surface area (Å²) in [4.78, 5) is 0. The van der Waals surface area contributed by atoms with E-state index in [1.54, 1.807) is 0 Å². The van der Waals surface area contributed by atoms with Crippen LogP contribution in [0.3, 0.4) is 0 Å². The molecule has 2 aliphatic rings. The Hall–Kier alpha value is -1.76. The molecule has 0 radical (unpaired) electrons. The summed E-state index contributed by atoms with van der Waals surface area (Å²) in [7, 11) is 0. The van der Waals surface area contributed by atoms with Gasteiger partial charge in [-0.05, 0) is 36.1 Å². The Labute approximate surface area is 101 Å². The third-order valence-corrected chi connectivity index (χ3v) is 4.15. The van der Waals surface area contributed by atoms with E-state index in [4.69, 9.17) is 0 Å². The molecule has 0 spiro atoms. The molecule has 2 aromatic carbocycles.